The summed E-state index contributed by atoms with van der Waals surface area (Å²) in [6.07, 6.45) is 0. The first kappa shape index (κ1) is 14.5. The van der Waals surface area contributed by atoms with Crippen LogP contribution in [0.25, 0.3) is 0 Å². The Bertz CT molecular complexity index is 598. The molecule has 1 N–H and O–H groups in total. The van der Waals surface area contributed by atoms with Crippen molar-refractivity contribution in [2.24, 2.45) is 5.10 Å². The highest BCUT2D eigenvalue weighted by Crippen LogP contribution is 2.14. The summed E-state index contributed by atoms with van der Waals surface area (Å²) in [5.74, 6) is 0.280. The van der Waals surface area contributed by atoms with Crippen molar-refractivity contribution in [2.75, 3.05) is 0 Å². The van der Waals surface area contributed by atoms with Gasteiger partial charge in [0.05, 0.1) is 5.71 Å². The molecule has 1 aromatic heterocycles. The smallest absolute Gasteiger partial charge is 0.267 e. The van der Waals surface area contributed by atoms with Crippen LogP contribution in [-0.2, 0) is 0 Å². The zero-order valence-corrected chi connectivity index (χ0v) is 12.7. The number of carbonyl (C=O) groups is 1. The number of hydrazone groups is 1. The lowest BCUT2D eigenvalue weighted by molar-refractivity contribution is 0.0955. The van der Waals surface area contributed by atoms with Crippen LogP contribution in [0.1, 0.15) is 47.5 Å². The maximum Gasteiger partial charge on any atom is 0.271 e. The van der Waals surface area contributed by atoms with Crippen molar-refractivity contribution in [1.82, 2.24) is 5.43 Å². The first-order chi connectivity index (χ1) is 9.58. The van der Waals surface area contributed by atoms with E-state index in [1.54, 1.807) is 11.3 Å². The lowest BCUT2D eigenvalue weighted by Gasteiger charge is -2.06. The van der Waals surface area contributed by atoms with Gasteiger partial charge < -0.3 is 0 Å². The summed E-state index contributed by atoms with van der Waals surface area (Å²) < 4.78 is 0. The third-order valence-corrected chi connectivity index (χ3v) is 4.02. The van der Waals surface area contributed by atoms with E-state index in [1.807, 2.05) is 48.7 Å². The molecule has 0 aliphatic carbocycles. The Morgan fingerprint density at radius 1 is 1.20 bits per heavy atom. The second-order valence-corrected chi connectivity index (χ2v) is 5.84. The molecule has 0 aliphatic heterocycles. The van der Waals surface area contributed by atoms with Gasteiger partial charge in [-0.25, -0.2) is 5.43 Å². The SMILES string of the molecule is CC(=NNC(=O)c1ccc(C(C)C)cc1)c1cccs1. The number of hydrogen-bond donors (Lipinski definition) is 1. The number of thiophene rings is 1. The topological polar surface area (TPSA) is 41.5 Å². The Labute approximate surface area is 123 Å². The van der Waals surface area contributed by atoms with E-state index in [2.05, 4.69) is 24.4 Å². The van der Waals surface area contributed by atoms with Crippen LogP contribution in [0.2, 0.25) is 0 Å². The third-order valence-electron chi connectivity index (χ3n) is 3.04. The van der Waals surface area contributed by atoms with Crippen molar-refractivity contribution >= 4 is 23.0 Å². The maximum absolute atomic E-state index is 12.0. The van der Waals surface area contributed by atoms with E-state index in [0.717, 1.165) is 10.6 Å². The van der Waals surface area contributed by atoms with Gasteiger partial charge in [0.1, 0.15) is 0 Å². The van der Waals surface area contributed by atoms with E-state index in [-0.39, 0.29) is 5.91 Å². The first-order valence-corrected chi connectivity index (χ1v) is 7.44. The standard InChI is InChI=1S/C16H18N2OS/c1-11(2)13-6-8-14(9-7-13)16(19)18-17-12(3)15-5-4-10-20-15/h4-11H,1-3H3,(H,18,19). The van der Waals surface area contributed by atoms with Crippen LogP contribution in [-0.4, -0.2) is 11.6 Å². The first-order valence-electron chi connectivity index (χ1n) is 6.56. The van der Waals surface area contributed by atoms with Crippen LogP contribution >= 0.6 is 11.3 Å². The summed E-state index contributed by atoms with van der Waals surface area (Å²) in [5, 5.41) is 6.11. The zero-order valence-electron chi connectivity index (χ0n) is 11.9. The monoisotopic (exact) mass is 286 g/mol. The highest BCUT2D eigenvalue weighted by atomic mass is 32.1. The van der Waals surface area contributed by atoms with Crippen LogP contribution < -0.4 is 5.43 Å². The molecule has 0 saturated carbocycles. The van der Waals surface area contributed by atoms with Crippen LogP contribution in [0, 0.1) is 0 Å². The molecule has 20 heavy (non-hydrogen) atoms. The van der Waals surface area contributed by atoms with E-state index in [0.29, 0.717) is 11.5 Å². The molecule has 2 rings (SSSR count). The van der Waals surface area contributed by atoms with Crippen molar-refractivity contribution in [3.8, 4) is 0 Å². The fourth-order valence-corrected chi connectivity index (χ4v) is 2.44. The fourth-order valence-electron chi connectivity index (χ4n) is 1.76. The second kappa shape index (κ2) is 6.48. The Hall–Kier alpha value is -1.94. The van der Waals surface area contributed by atoms with E-state index < -0.39 is 0 Å². The predicted molar refractivity (Wildman–Crippen MR) is 84.5 cm³/mol. The van der Waals surface area contributed by atoms with Crippen molar-refractivity contribution in [2.45, 2.75) is 26.7 Å². The molecule has 0 saturated heterocycles. The summed E-state index contributed by atoms with van der Waals surface area (Å²) in [5.41, 5.74) is 5.25. The number of hydrogen-bond acceptors (Lipinski definition) is 3. The Kier molecular flexibility index (Phi) is 4.69. The van der Waals surface area contributed by atoms with Gasteiger partial charge in [0.15, 0.2) is 0 Å². The van der Waals surface area contributed by atoms with Gasteiger partial charge >= 0.3 is 0 Å². The minimum absolute atomic E-state index is 0.184. The molecule has 2 aromatic rings. The summed E-state index contributed by atoms with van der Waals surface area (Å²) in [6, 6.07) is 11.6. The van der Waals surface area contributed by atoms with Gasteiger partial charge in [-0.1, -0.05) is 32.0 Å². The molecular formula is C16H18N2OS. The quantitative estimate of drug-likeness (QED) is 0.669. The third kappa shape index (κ3) is 3.54. The number of amides is 1. The van der Waals surface area contributed by atoms with Crippen molar-refractivity contribution < 1.29 is 4.79 Å². The van der Waals surface area contributed by atoms with E-state index >= 15 is 0 Å². The van der Waals surface area contributed by atoms with Crippen LogP contribution in [0.15, 0.2) is 46.9 Å². The van der Waals surface area contributed by atoms with Crippen LogP contribution in [0.4, 0.5) is 0 Å². The van der Waals surface area contributed by atoms with Crippen LogP contribution in [0.5, 0.6) is 0 Å². The molecule has 1 amide bonds. The lowest BCUT2D eigenvalue weighted by atomic mass is 10.0. The molecule has 0 aliphatic rings. The van der Waals surface area contributed by atoms with Gasteiger partial charge in [0.25, 0.3) is 5.91 Å². The molecule has 1 heterocycles. The van der Waals surface area contributed by atoms with E-state index in [9.17, 15) is 4.79 Å². The Morgan fingerprint density at radius 2 is 1.90 bits per heavy atom. The summed E-state index contributed by atoms with van der Waals surface area (Å²) in [7, 11) is 0. The van der Waals surface area contributed by atoms with Crippen molar-refractivity contribution in [1.29, 1.82) is 0 Å². The van der Waals surface area contributed by atoms with Gasteiger partial charge in [-0.2, -0.15) is 5.10 Å². The second-order valence-electron chi connectivity index (χ2n) is 4.89. The molecular weight excluding hydrogens is 268 g/mol. The van der Waals surface area contributed by atoms with Gasteiger partial charge in [-0.05, 0) is 42.0 Å². The van der Waals surface area contributed by atoms with Gasteiger partial charge in [0, 0.05) is 10.4 Å². The minimum Gasteiger partial charge on any atom is -0.267 e. The lowest BCUT2D eigenvalue weighted by Crippen LogP contribution is -2.19. The largest absolute Gasteiger partial charge is 0.271 e. The Morgan fingerprint density at radius 3 is 2.45 bits per heavy atom. The molecule has 0 spiro atoms. The molecule has 4 heteroatoms. The number of nitrogens with one attached hydrogen (secondary N) is 1. The highest BCUT2D eigenvalue weighted by molar-refractivity contribution is 7.12. The van der Waals surface area contributed by atoms with Gasteiger partial charge in [-0.3, -0.25) is 4.79 Å². The molecule has 0 unspecified atom stereocenters. The zero-order chi connectivity index (χ0) is 14.5. The van der Waals surface area contributed by atoms with E-state index in [4.69, 9.17) is 0 Å². The van der Waals surface area contributed by atoms with Gasteiger partial charge in [-0.15, -0.1) is 11.3 Å². The summed E-state index contributed by atoms with van der Waals surface area (Å²) in [6.45, 7) is 6.14. The number of carbonyl (C=O) groups excluding carboxylic acids is 1. The fraction of sp³-hybridized carbons (Fsp3) is 0.250. The summed E-state index contributed by atoms with van der Waals surface area (Å²) in [4.78, 5) is 13.0. The highest BCUT2D eigenvalue weighted by Gasteiger charge is 2.06. The summed E-state index contributed by atoms with van der Waals surface area (Å²) >= 11 is 1.60. The molecule has 0 fully saturated rings. The minimum atomic E-state index is -0.184. The van der Waals surface area contributed by atoms with Crippen molar-refractivity contribution in [3.05, 3.63) is 57.8 Å². The molecule has 3 nitrogen and oxygen atoms in total. The molecule has 0 atom stereocenters. The molecule has 1 aromatic carbocycles. The maximum atomic E-state index is 12.0. The van der Waals surface area contributed by atoms with Crippen molar-refractivity contribution in [3.63, 3.8) is 0 Å². The van der Waals surface area contributed by atoms with E-state index in [1.165, 1.54) is 5.56 Å². The van der Waals surface area contributed by atoms with Gasteiger partial charge in [0.2, 0.25) is 0 Å². The number of rotatable bonds is 4. The number of nitrogens with zero attached hydrogens (tertiary/aromatic N) is 1. The normalized spacial score (nSPS) is 11.7. The Balaban J connectivity index is 2.03. The van der Waals surface area contributed by atoms with Crippen LogP contribution in [0.3, 0.4) is 0 Å². The average Bonchev–Trinajstić information content (AvgIpc) is 2.98. The predicted octanol–water partition coefficient (Wildman–Crippen LogP) is 4.03. The molecule has 0 bridgehead atoms. The number of benzene rings is 1. The molecule has 0 radical (unpaired) electrons. The molecule has 104 valence electrons. The average molecular weight is 286 g/mol.